The van der Waals surface area contributed by atoms with Gasteiger partial charge in [-0.25, -0.2) is 37.1 Å². The summed E-state index contributed by atoms with van der Waals surface area (Å²) in [4.78, 5) is 22.0. The Morgan fingerprint density at radius 3 is 2.42 bits per heavy atom. The zero-order valence-corrected chi connectivity index (χ0v) is 22.1. The molecule has 0 radical (unpaired) electrons. The Balaban J connectivity index is 1.65. The van der Waals surface area contributed by atoms with Gasteiger partial charge in [-0.05, 0) is 19.0 Å². The number of sulfone groups is 1. The maximum absolute atomic E-state index is 15.8. The highest BCUT2D eigenvalue weighted by molar-refractivity contribution is 7.90. The van der Waals surface area contributed by atoms with Crippen LogP contribution in [-0.4, -0.2) is 76.3 Å². The summed E-state index contributed by atoms with van der Waals surface area (Å²) < 4.78 is 57.1. The molecule has 38 heavy (non-hydrogen) atoms. The normalized spacial score (nSPS) is 14.9. The van der Waals surface area contributed by atoms with Gasteiger partial charge in [-0.1, -0.05) is 19.9 Å². The highest BCUT2D eigenvalue weighted by Crippen LogP contribution is 2.34. The number of anilines is 1. The minimum Gasteiger partial charge on any atom is -0.338 e. The van der Waals surface area contributed by atoms with Crippen molar-refractivity contribution in [3.63, 3.8) is 0 Å². The van der Waals surface area contributed by atoms with Gasteiger partial charge in [-0.15, -0.1) is 0 Å². The van der Waals surface area contributed by atoms with Crippen LogP contribution in [0.2, 0.25) is 0 Å². The summed E-state index contributed by atoms with van der Waals surface area (Å²) in [6.07, 6.45) is 8.15. The number of halogens is 2. The number of piperazine rings is 1. The minimum atomic E-state index is -3.55. The van der Waals surface area contributed by atoms with Crippen molar-refractivity contribution in [2.24, 2.45) is 0 Å². The molecule has 12 heteroatoms. The number of nitrogens with zero attached hydrogens (tertiary/aromatic N) is 7. The first kappa shape index (κ1) is 26.1. The molecule has 9 nitrogen and oxygen atoms in total. The van der Waals surface area contributed by atoms with Crippen molar-refractivity contribution in [1.29, 1.82) is 0 Å². The first-order valence-corrected chi connectivity index (χ1v) is 14.4. The van der Waals surface area contributed by atoms with E-state index in [9.17, 15) is 8.42 Å². The predicted octanol–water partition coefficient (Wildman–Crippen LogP) is 3.62. The lowest BCUT2D eigenvalue weighted by molar-refractivity contribution is 0.270. The number of likely N-dealkylation sites (N-methyl/N-ethyl adjacent to an activating group) is 1. The molecule has 5 rings (SSSR count). The van der Waals surface area contributed by atoms with Crippen LogP contribution in [0, 0.1) is 11.6 Å². The summed E-state index contributed by atoms with van der Waals surface area (Å²) in [7, 11) is -3.55. The molecule has 0 aliphatic carbocycles. The van der Waals surface area contributed by atoms with Crippen LogP contribution in [0.4, 0.5) is 14.7 Å². The van der Waals surface area contributed by atoms with Crippen LogP contribution < -0.4 is 4.90 Å². The van der Waals surface area contributed by atoms with Crippen molar-refractivity contribution in [1.82, 2.24) is 29.4 Å². The first-order valence-electron chi connectivity index (χ1n) is 12.6. The van der Waals surface area contributed by atoms with E-state index in [1.54, 1.807) is 31.7 Å². The Morgan fingerprint density at radius 1 is 1.00 bits per heavy atom. The maximum atomic E-state index is 15.8. The van der Waals surface area contributed by atoms with E-state index in [-0.39, 0.29) is 17.0 Å². The van der Waals surface area contributed by atoms with E-state index in [1.807, 2.05) is 0 Å². The zero-order valence-electron chi connectivity index (χ0n) is 21.3. The SMILES string of the molecule is CCCS(=O)(=O)Cc1ccc(F)c(-n2cc(-c3cncnc3)c3nc(N4CCN(CC)CC4)ncc32)c1F. The predicted molar refractivity (Wildman–Crippen MR) is 142 cm³/mol. The van der Waals surface area contributed by atoms with Crippen LogP contribution in [0.3, 0.4) is 0 Å². The topological polar surface area (TPSA) is 97.1 Å². The molecule has 0 saturated carbocycles. The Hall–Kier alpha value is -3.51. The van der Waals surface area contributed by atoms with Crippen molar-refractivity contribution in [2.75, 3.05) is 43.4 Å². The van der Waals surface area contributed by atoms with Gasteiger partial charge in [-0.3, -0.25) is 0 Å². The van der Waals surface area contributed by atoms with E-state index in [4.69, 9.17) is 4.98 Å². The molecule has 0 atom stereocenters. The highest BCUT2D eigenvalue weighted by Gasteiger charge is 2.25. The average Bonchev–Trinajstić information content (AvgIpc) is 3.29. The van der Waals surface area contributed by atoms with Crippen LogP contribution in [0.15, 0.2) is 43.2 Å². The summed E-state index contributed by atoms with van der Waals surface area (Å²) >= 11 is 0. The van der Waals surface area contributed by atoms with E-state index in [0.717, 1.165) is 38.8 Å². The van der Waals surface area contributed by atoms with E-state index < -0.39 is 27.2 Å². The third kappa shape index (κ3) is 5.10. The molecule has 0 N–H and O–H groups in total. The Labute approximate surface area is 220 Å². The van der Waals surface area contributed by atoms with E-state index >= 15 is 8.78 Å². The summed E-state index contributed by atoms with van der Waals surface area (Å²) in [5.41, 5.74) is 1.61. The number of aromatic nitrogens is 5. The average molecular weight is 542 g/mol. The first-order chi connectivity index (χ1) is 18.3. The second-order valence-corrected chi connectivity index (χ2v) is 11.5. The largest absolute Gasteiger partial charge is 0.338 e. The molecule has 0 bridgehead atoms. The maximum Gasteiger partial charge on any atom is 0.226 e. The molecular weight excluding hydrogens is 512 g/mol. The lowest BCUT2D eigenvalue weighted by Gasteiger charge is -2.34. The van der Waals surface area contributed by atoms with Crippen LogP contribution in [0.1, 0.15) is 25.8 Å². The van der Waals surface area contributed by atoms with Gasteiger partial charge in [0.1, 0.15) is 23.3 Å². The van der Waals surface area contributed by atoms with Crippen molar-refractivity contribution in [3.05, 3.63) is 60.4 Å². The van der Waals surface area contributed by atoms with E-state index in [1.165, 1.54) is 17.0 Å². The Morgan fingerprint density at radius 2 is 1.74 bits per heavy atom. The van der Waals surface area contributed by atoms with E-state index in [2.05, 4.69) is 31.7 Å². The van der Waals surface area contributed by atoms with Gasteiger partial charge < -0.3 is 14.4 Å². The van der Waals surface area contributed by atoms with Gasteiger partial charge in [0.25, 0.3) is 0 Å². The molecule has 3 aromatic heterocycles. The number of rotatable bonds is 8. The molecule has 0 unspecified atom stereocenters. The molecule has 1 saturated heterocycles. The Kier molecular flexibility index (Phi) is 7.35. The van der Waals surface area contributed by atoms with Gasteiger partial charge >= 0.3 is 0 Å². The third-order valence-electron chi connectivity index (χ3n) is 6.78. The van der Waals surface area contributed by atoms with Gasteiger partial charge in [0, 0.05) is 61.5 Å². The van der Waals surface area contributed by atoms with Crippen LogP contribution in [0.5, 0.6) is 0 Å². The lowest BCUT2D eigenvalue weighted by Crippen LogP contribution is -2.46. The van der Waals surface area contributed by atoms with Crippen LogP contribution in [-0.2, 0) is 15.6 Å². The van der Waals surface area contributed by atoms with Crippen LogP contribution >= 0.6 is 0 Å². The number of fused-ring (bicyclic) bond motifs is 1. The number of benzene rings is 1. The molecule has 1 aromatic carbocycles. The second kappa shape index (κ2) is 10.7. The zero-order chi connectivity index (χ0) is 26.9. The molecule has 1 fully saturated rings. The molecule has 4 heterocycles. The number of hydrogen-bond acceptors (Lipinski definition) is 8. The molecule has 0 amide bonds. The third-order valence-corrected chi connectivity index (χ3v) is 8.56. The molecular formula is C26H29F2N7O2S. The fraction of sp³-hybridized carbons (Fsp3) is 0.385. The fourth-order valence-corrected chi connectivity index (χ4v) is 6.25. The standard InChI is InChI=1S/C26H29F2N7O2S/c1-3-11-38(36,37)16-18-5-6-21(27)25(23(18)28)35-15-20(19-12-29-17-30-13-19)24-22(35)14-31-26(32-24)34-9-7-33(4-2)8-10-34/h5-6,12-15,17H,3-4,7-11,16H2,1-2H3. The van der Waals surface area contributed by atoms with Crippen LogP contribution in [0.25, 0.3) is 27.8 Å². The molecule has 0 spiro atoms. The molecule has 4 aromatic rings. The molecule has 200 valence electrons. The van der Waals surface area contributed by atoms with Gasteiger partial charge in [0.15, 0.2) is 15.7 Å². The van der Waals surface area contributed by atoms with Crippen molar-refractivity contribution < 1.29 is 17.2 Å². The second-order valence-electron chi connectivity index (χ2n) is 9.33. The smallest absolute Gasteiger partial charge is 0.226 e. The quantitative estimate of drug-likeness (QED) is 0.334. The van der Waals surface area contributed by atoms with Crippen molar-refractivity contribution in [3.8, 4) is 16.8 Å². The van der Waals surface area contributed by atoms with Gasteiger partial charge in [0.2, 0.25) is 5.95 Å². The summed E-state index contributed by atoms with van der Waals surface area (Å²) in [6.45, 7) is 8.16. The van der Waals surface area contributed by atoms with Gasteiger partial charge in [-0.2, -0.15) is 0 Å². The van der Waals surface area contributed by atoms with Crippen molar-refractivity contribution >= 4 is 26.8 Å². The number of hydrogen-bond donors (Lipinski definition) is 0. The fourth-order valence-electron chi connectivity index (χ4n) is 4.79. The minimum absolute atomic E-state index is 0.0765. The highest BCUT2D eigenvalue weighted by atomic mass is 32.2. The monoisotopic (exact) mass is 541 g/mol. The molecule has 1 aliphatic heterocycles. The summed E-state index contributed by atoms with van der Waals surface area (Å²) in [5, 5.41) is 0. The molecule has 1 aliphatic rings. The van der Waals surface area contributed by atoms with Crippen molar-refractivity contribution in [2.45, 2.75) is 26.0 Å². The summed E-state index contributed by atoms with van der Waals surface area (Å²) in [5.74, 6) is -1.82. The van der Waals surface area contributed by atoms with Gasteiger partial charge in [0.05, 0.1) is 23.2 Å². The van der Waals surface area contributed by atoms with E-state index in [0.29, 0.717) is 34.5 Å². The Bertz CT molecular complexity index is 1550. The summed E-state index contributed by atoms with van der Waals surface area (Å²) in [6, 6.07) is 2.28. The lowest BCUT2D eigenvalue weighted by atomic mass is 10.1.